The van der Waals surface area contributed by atoms with Crippen LogP contribution in [0, 0.1) is 5.82 Å². The molecule has 0 amide bonds. The topological polar surface area (TPSA) is 60.5 Å². The maximum Gasteiger partial charge on any atom is 0.171 e. The highest BCUT2D eigenvalue weighted by molar-refractivity contribution is 7.08. The lowest BCUT2D eigenvalue weighted by Crippen LogP contribution is -2.12. The zero-order valence-corrected chi connectivity index (χ0v) is 11.8. The van der Waals surface area contributed by atoms with Crippen LogP contribution < -0.4 is 5.73 Å². The molecular formula is C15H12FN3OS. The van der Waals surface area contributed by atoms with Crippen LogP contribution in [0.15, 0.2) is 52.4 Å². The number of rotatable bonds is 4. The molecule has 0 bridgehead atoms. The highest BCUT2D eigenvalue weighted by atomic mass is 32.1. The second-order valence-corrected chi connectivity index (χ2v) is 5.15. The molecule has 0 aliphatic rings. The van der Waals surface area contributed by atoms with Crippen LogP contribution in [0.3, 0.4) is 0 Å². The minimum Gasteiger partial charge on any atom is -0.389 e. The maximum atomic E-state index is 13.7. The summed E-state index contributed by atoms with van der Waals surface area (Å²) in [7, 11) is 0. The molecule has 6 heteroatoms. The van der Waals surface area contributed by atoms with Crippen molar-refractivity contribution >= 4 is 28.1 Å². The molecule has 0 radical (unpaired) electrons. The molecule has 0 aliphatic heterocycles. The van der Waals surface area contributed by atoms with Crippen LogP contribution in [0.5, 0.6) is 0 Å². The van der Waals surface area contributed by atoms with E-state index in [1.165, 1.54) is 17.4 Å². The second-order valence-electron chi connectivity index (χ2n) is 4.37. The van der Waals surface area contributed by atoms with Crippen molar-refractivity contribution in [3.8, 4) is 0 Å². The van der Waals surface area contributed by atoms with E-state index in [0.717, 1.165) is 11.1 Å². The van der Waals surface area contributed by atoms with Gasteiger partial charge >= 0.3 is 0 Å². The molecule has 0 saturated carbocycles. The van der Waals surface area contributed by atoms with Gasteiger partial charge in [0.25, 0.3) is 0 Å². The number of amidine groups is 1. The molecule has 0 aliphatic carbocycles. The van der Waals surface area contributed by atoms with E-state index >= 15 is 0 Å². The third-order valence-corrected chi connectivity index (χ3v) is 3.68. The number of halogens is 1. The first-order valence-corrected chi connectivity index (χ1v) is 7.20. The lowest BCUT2D eigenvalue weighted by Gasteiger charge is -2.06. The molecule has 106 valence electrons. The Bertz CT molecular complexity index is 787. The van der Waals surface area contributed by atoms with Gasteiger partial charge in [0.15, 0.2) is 5.84 Å². The summed E-state index contributed by atoms with van der Waals surface area (Å²) in [5, 5.41) is 8.13. The lowest BCUT2D eigenvalue weighted by molar-refractivity contribution is 0.131. The van der Waals surface area contributed by atoms with Gasteiger partial charge in [0, 0.05) is 28.1 Å². The van der Waals surface area contributed by atoms with E-state index in [-0.39, 0.29) is 12.4 Å². The first-order chi connectivity index (χ1) is 10.3. The number of hydrogen-bond acceptors (Lipinski definition) is 4. The van der Waals surface area contributed by atoms with Crippen molar-refractivity contribution < 1.29 is 9.23 Å². The zero-order chi connectivity index (χ0) is 14.7. The number of pyridine rings is 1. The van der Waals surface area contributed by atoms with E-state index < -0.39 is 0 Å². The van der Waals surface area contributed by atoms with Gasteiger partial charge in [-0.05, 0) is 29.6 Å². The van der Waals surface area contributed by atoms with Crippen LogP contribution in [0.2, 0.25) is 0 Å². The predicted molar refractivity (Wildman–Crippen MR) is 81.5 cm³/mol. The molecule has 0 saturated heterocycles. The summed E-state index contributed by atoms with van der Waals surface area (Å²) < 4.78 is 13.7. The Hall–Kier alpha value is -2.47. The van der Waals surface area contributed by atoms with Crippen LogP contribution in [0.1, 0.15) is 11.1 Å². The number of fused-ring (bicyclic) bond motifs is 1. The van der Waals surface area contributed by atoms with E-state index in [9.17, 15) is 4.39 Å². The molecule has 4 nitrogen and oxygen atoms in total. The quantitative estimate of drug-likeness (QED) is 0.457. The third kappa shape index (κ3) is 2.85. The Labute approximate surface area is 124 Å². The normalized spacial score (nSPS) is 11.8. The van der Waals surface area contributed by atoms with Crippen molar-refractivity contribution in [1.82, 2.24) is 4.98 Å². The molecule has 2 N–H and O–H groups in total. The minimum atomic E-state index is -0.303. The Morgan fingerprint density at radius 2 is 2.24 bits per heavy atom. The number of thiophene rings is 1. The van der Waals surface area contributed by atoms with Gasteiger partial charge in [0.2, 0.25) is 0 Å². The molecule has 0 unspecified atom stereocenters. The molecule has 21 heavy (non-hydrogen) atoms. The van der Waals surface area contributed by atoms with Gasteiger partial charge in [-0.2, -0.15) is 11.3 Å². The van der Waals surface area contributed by atoms with E-state index in [2.05, 4.69) is 10.1 Å². The fourth-order valence-corrected chi connectivity index (χ4v) is 2.60. The molecule has 3 rings (SSSR count). The Morgan fingerprint density at radius 1 is 1.33 bits per heavy atom. The molecule has 0 atom stereocenters. The van der Waals surface area contributed by atoms with Crippen molar-refractivity contribution in [3.63, 3.8) is 0 Å². The Balaban J connectivity index is 1.80. The van der Waals surface area contributed by atoms with Crippen molar-refractivity contribution in [3.05, 3.63) is 64.2 Å². The fourth-order valence-electron chi connectivity index (χ4n) is 1.95. The van der Waals surface area contributed by atoms with Gasteiger partial charge in [-0.25, -0.2) is 4.39 Å². The van der Waals surface area contributed by atoms with Crippen LogP contribution in [-0.2, 0) is 11.4 Å². The lowest BCUT2D eigenvalue weighted by atomic mass is 10.1. The van der Waals surface area contributed by atoms with Crippen molar-refractivity contribution in [2.45, 2.75) is 6.61 Å². The van der Waals surface area contributed by atoms with Gasteiger partial charge in [-0.1, -0.05) is 11.2 Å². The van der Waals surface area contributed by atoms with Crippen molar-refractivity contribution in [2.75, 3.05) is 0 Å². The van der Waals surface area contributed by atoms with Gasteiger partial charge in [-0.15, -0.1) is 0 Å². The van der Waals surface area contributed by atoms with Crippen LogP contribution in [-0.4, -0.2) is 10.8 Å². The van der Waals surface area contributed by atoms with Gasteiger partial charge in [0.1, 0.15) is 12.4 Å². The summed E-state index contributed by atoms with van der Waals surface area (Å²) in [6.45, 7) is 0.179. The summed E-state index contributed by atoms with van der Waals surface area (Å²) in [5.74, 6) is 0.0127. The van der Waals surface area contributed by atoms with E-state index in [1.54, 1.807) is 24.4 Å². The van der Waals surface area contributed by atoms with E-state index in [1.807, 2.05) is 16.8 Å². The first-order valence-electron chi connectivity index (χ1n) is 6.26. The number of oxime groups is 1. The summed E-state index contributed by atoms with van der Waals surface area (Å²) in [5.41, 5.74) is 7.95. The summed E-state index contributed by atoms with van der Waals surface area (Å²) >= 11 is 1.53. The average molecular weight is 301 g/mol. The SMILES string of the molecule is NC(=NOCc1ccc(F)c2cccnc12)c1ccsc1. The number of nitrogens with zero attached hydrogens (tertiary/aromatic N) is 2. The first kappa shape index (κ1) is 13.5. The van der Waals surface area contributed by atoms with Crippen molar-refractivity contribution in [1.29, 1.82) is 0 Å². The maximum absolute atomic E-state index is 13.7. The minimum absolute atomic E-state index is 0.179. The number of nitrogens with two attached hydrogens (primary N) is 1. The third-order valence-electron chi connectivity index (χ3n) is 3.00. The van der Waals surface area contributed by atoms with Crippen LogP contribution in [0.4, 0.5) is 4.39 Å². The standard InChI is InChI=1S/C15H12FN3OS/c16-13-4-3-10(14-12(13)2-1-6-18-14)8-20-19-15(17)11-5-7-21-9-11/h1-7,9H,8H2,(H2,17,19). The molecular weight excluding hydrogens is 289 g/mol. The second kappa shape index (κ2) is 5.88. The van der Waals surface area contributed by atoms with Crippen molar-refractivity contribution in [2.24, 2.45) is 10.9 Å². The predicted octanol–water partition coefficient (Wildman–Crippen LogP) is 3.27. The molecule has 2 heterocycles. The highest BCUT2D eigenvalue weighted by Gasteiger charge is 2.07. The van der Waals surface area contributed by atoms with E-state index in [0.29, 0.717) is 16.7 Å². The fraction of sp³-hybridized carbons (Fsp3) is 0.0667. The molecule has 3 aromatic rings. The smallest absolute Gasteiger partial charge is 0.171 e. The average Bonchev–Trinajstić information content (AvgIpc) is 3.04. The Morgan fingerprint density at radius 3 is 3.05 bits per heavy atom. The monoisotopic (exact) mass is 301 g/mol. The molecule has 0 spiro atoms. The van der Waals surface area contributed by atoms with Gasteiger partial charge in [0.05, 0.1) is 5.52 Å². The summed E-state index contributed by atoms with van der Waals surface area (Å²) in [4.78, 5) is 9.45. The number of benzene rings is 1. The van der Waals surface area contributed by atoms with Crippen LogP contribution in [0.25, 0.3) is 10.9 Å². The number of aromatic nitrogens is 1. The van der Waals surface area contributed by atoms with E-state index in [4.69, 9.17) is 10.6 Å². The molecule has 0 fully saturated rings. The van der Waals surface area contributed by atoms with Gasteiger partial charge in [-0.3, -0.25) is 4.98 Å². The summed E-state index contributed by atoms with van der Waals surface area (Å²) in [6, 6.07) is 8.28. The van der Waals surface area contributed by atoms with Crippen LogP contribution >= 0.6 is 11.3 Å². The zero-order valence-electron chi connectivity index (χ0n) is 11.0. The summed E-state index contributed by atoms with van der Waals surface area (Å²) in [6.07, 6.45) is 1.62. The largest absolute Gasteiger partial charge is 0.389 e. The number of hydrogen-bond donors (Lipinski definition) is 1. The highest BCUT2D eigenvalue weighted by Crippen LogP contribution is 2.20. The molecule has 1 aromatic carbocycles. The van der Waals surface area contributed by atoms with Gasteiger partial charge < -0.3 is 10.6 Å². The Kier molecular flexibility index (Phi) is 3.79. The molecule has 2 aromatic heterocycles.